The first kappa shape index (κ1) is 16.5. The SMILES string of the molecule is C=C(C)CN1CCC(NC(=O)NCc2csc(C3CC3)n2)CC1. The summed E-state index contributed by atoms with van der Waals surface area (Å²) in [7, 11) is 0. The second-order valence-corrected chi connectivity index (χ2v) is 7.68. The van der Waals surface area contributed by atoms with E-state index in [1.165, 1.54) is 23.4 Å². The Morgan fingerprint density at radius 3 is 2.78 bits per heavy atom. The molecule has 1 saturated heterocycles. The van der Waals surface area contributed by atoms with Crippen LogP contribution in [0.15, 0.2) is 17.5 Å². The van der Waals surface area contributed by atoms with Gasteiger partial charge in [0.15, 0.2) is 0 Å². The van der Waals surface area contributed by atoms with Gasteiger partial charge in [-0.3, -0.25) is 4.90 Å². The maximum atomic E-state index is 12.0. The van der Waals surface area contributed by atoms with Crippen LogP contribution in [0.4, 0.5) is 4.79 Å². The molecule has 1 saturated carbocycles. The van der Waals surface area contributed by atoms with E-state index < -0.39 is 0 Å². The predicted octanol–water partition coefficient (Wildman–Crippen LogP) is 2.86. The maximum Gasteiger partial charge on any atom is 0.315 e. The first-order valence-corrected chi connectivity index (χ1v) is 9.33. The number of hydrogen-bond donors (Lipinski definition) is 2. The molecular formula is C17H26N4OS. The largest absolute Gasteiger partial charge is 0.335 e. The van der Waals surface area contributed by atoms with Crippen molar-refractivity contribution in [3.05, 3.63) is 28.2 Å². The van der Waals surface area contributed by atoms with Crippen molar-refractivity contribution >= 4 is 17.4 Å². The van der Waals surface area contributed by atoms with E-state index in [0.717, 1.165) is 38.2 Å². The fourth-order valence-electron chi connectivity index (χ4n) is 2.95. The summed E-state index contributed by atoms with van der Waals surface area (Å²) in [4.78, 5) is 19.0. The number of nitrogens with one attached hydrogen (secondary N) is 2. The Bertz CT molecular complexity index is 559. The molecular weight excluding hydrogens is 308 g/mol. The first-order valence-electron chi connectivity index (χ1n) is 8.45. The minimum Gasteiger partial charge on any atom is -0.335 e. The van der Waals surface area contributed by atoms with Crippen LogP contribution in [0.3, 0.4) is 0 Å². The molecule has 2 amide bonds. The van der Waals surface area contributed by atoms with Gasteiger partial charge in [0.1, 0.15) is 0 Å². The number of amides is 2. The van der Waals surface area contributed by atoms with Gasteiger partial charge < -0.3 is 10.6 Å². The molecule has 5 nitrogen and oxygen atoms in total. The number of thiazole rings is 1. The summed E-state index contributed by atoms with van der Waals surface area (Å²) in [6.07, 6.45) is 4.54. The molecule has 1 aromatic heterocycles. The van der Waals surface area contributed by atoms with E-state index in [-0.39, 0.29) is 12.1 Å². The minimum absolute atomic E-state index is 0.0793. The summed E-state index contributed by atoms with van der Waals surface area (Å²) in [6.45, 7) is 9.55. The van der Waals surface area contributed by atoms with E-state index in [4.69, 9.17) is 0 Å². The third-order valence-electron chi connectivity index (χ3n) is 4.34. The van der Waals surface area contributed by atoms with Gasteiger partial charge in [-0.05, 0) is 32.6 Å². The van der Waals surface area contributed by atoms with Crippen molar-refractivity contribution < 1.29 is 4.79 Å². The van der Waals surface area contributed by atoms with Crippen molar-refractivity contribution in [2.24, 2.45) is 0 Å². The highest BCUT2D eigenvalue weighted by Crippen LogP contribution is 2.41. The lowest BCUT2D eigenvalue weighted by Gasteiger charge is -2.32. The molecule has 0 spiro atoms. The van der Waals surface area contributed by atoms with Gasteiger partial charge in [0.2, 0.25) is 0 Å². The highest BCUT2D eigenvalue weighted by molar-refractivity contribution is 7.09. The van der Waals surface area contributed by atoms with Crippen LogP contribution in [0.5, 0.6) is 0 Å². The smallest absolute Gasteiger partial charge is 0.315 e. The predicted molar refractivity (Wildman–Crippen MR) is 93.7 cm³/mol. The van der Waals surface area contributed by atoms with Crippen molar-refractivity contribution in [1.29, 1.82) is 0 Å². The second-order valence-electron chi connectivity index (χ2n) is 6.79. The average Bonchev–Trinajstić information content (AvgIpc) is 3.26. The van der Waals surface area contributed by atoms with Crippen LogP contribution < -0.4 is 10.6 Å². The Kier molecular flexibility index (Phi) is 5.33. The number of likely N-dealkylation sites (tertiary alicyclic amines) is 1. The maximum absolute atomic E-state index is 12.0. The number of carbonyl (C=O) groups excluding carboxylic acids is 1. The molecule has 1 aliphatic heterocycles. The molecule has 0 aromatic carbocycles. The quantitative estimate of drug-likeness (QED) is 0.787. The molecule has 2 fully saturated rings. The van der Waals surface area contributed by atoms with Gasteiger partial charge in [0.05, 0.1) is 17.2 Å². The van der Waals surface area contributed by atoms with E-state index >= 15 is 0 Å². The zero-order valence-electron chi connectivity index (χ0n) is 13.8. The number of rotatable bonds is 6. The van der Waals surface area contributed by atoms with E-state index in [9.17, 15) is 4.79 Å². The Labute approximate surface area is 142 Å². The fraction of sp³-hybridized carbons (Fsp3) is 0.647. The summed E-state index contributed by atoms with van der Waals surface area (Å²) < 4.78 is 0. The third-order valence-corrected chi connectivity index (χ3v) is 5.40. The molecule has 1 aliphatic carbocycles. The standard InChI is InChI=1S/C17H26N4OS/c1-12(2)10-21-7-5-14(6-8-21)20-17(22)18-9-15-11-23-16(19-15)13-3-4-13/h11,13-14H,1,3-10H2,2H3,(H2,18,20,22). The third kappa shape index (κ3) is 5.04. The van der Waals surface area contributed by atoms with E-state index in [1.54, 1.807) is 11.3 Å². The van der Waals surface area contributed by atoms with Crippen LogP contribution in [0.2, 0.25) is 0 Å². The molecule has 1 aromatic rings. The van der Waals surface area contributed by atoms with Gasteiger partial charge >= 0.3 is 6.03 Å². The van der Waals surface area contributed by atoms with Crippen molar-refractivity contribution in [2.75, 3.05) is 19.6 Å². The van der Waals surface area contributed by atoms with E-state index in [1.807, 2.05) is 0 Å². The topological polar surface area (TPSA) is 57.3 Å². The van der Waals surface area contributed by atoms with Crippen molar-refractivity contribution in [3.63, 3.8) is 0 Å². The lowest BCUT2D eigenvalue weighted by Crippen LogP contribution is -2.47. The van der Waals surface area contributed by atoms with Crippen molar-refractivity contribution in [2.45, 2.75) is 51.1 Å². The van der Waals surface area contributed by atoms with Crippen LogP contribution in [-0.4, -0.2) is 41.6 Å². The lowest BCUT2D eigenvalue weighted by molar-refractivity contribution is 0.201. The highest BCUT2D eigenvalue weighted by Gasteiger charge is 2.26. The van der Waals surface area contributed by atoms with Crippen molar-refractivity contribution in [3.8, 4) is 0 Å². The van der Waals surface area contributed by atoms with Gasteiger partial charge in [0.25, 0.3) is 0 Å². The number of nitrogens with zero attached hydrogens (tertiary/aromatic N) is 2. The van der Waals surface area contributed by atoms with Crippen LogP contribution in [-0.2, 0) is 6.54 Å². The Morgan fingerprint density at radius 1 is 1.39 bits per heavy atom. The number of piperidine rings is 1. The van der Waals surface area contributed by atoms with Gasteiger partial charge in [-0.2, -0.15) is 0 Å². The molecule has 126 valence electrons. The summed E-state index contributed by atoms with van der Waals surface area (Å²) in [6, 6.07) is 0.193. The summed E-state index contributed by atoms with van der Waals surface area (Å²) in [5.74, 6) is 0.687. The molecule has 0 bridgehead atoms. The summed E-state index contributed by atoms with van der Waals surface area (Å²) in [5, 5.41) is 9.30. The Morgan fingerprint density at radius 2 is 2.13 bits per heavy atom. The molecule has 6 heteroatoms. The summed E-state index contributed by atoms with van der Waals surface area (Å²) in [5.41, 5.74) is 2.17. The minimum atomic E-state index is -0.0793. The van der Waals surface area contributed by atoms with Gasteiger partial charge in [-0.1, -0.05) is 12.2 Å². The van der Waals surface area contributed by atoms with Crippen molar-refractivity contribution in [1.82, 2.24) is 20.5 Å². The van der Waals surface area contributed by atoms with Gasteiger partial charge in [-0.15, -0.1) is 11.3 Å². The number of aromatic nitrogens is 1. The van der Waals surface area contributed by atoms with Gasteiger partial charge in [-0.25, -0.2) is 9.78 Å². The highest BCUT2D eigenvalue weighted by atomic mass is 32.1. The van der Waals surface area contributed by atoms with E-state index in [0.29, 0.717) is 12.5 Å². The Hall–Kier alpha value is -1.40. The number of urea groups is 1. The Balaban J connectivity index is 1.35. The molecule has 2 N–H and O–H groups in total. The number of carbonyl (C=O) groups is 1. The zero-order valence-corrected chi connectivity index (χ0v) is 14.6. The molecule has 3 rings (SSSR count). The second kappa shape index (κ2) is 7.45. The van der Waals surface area contributed by atoms with Crippen LogP contribution in [0.1, 0.15) is 49.2 Å². The monoisotopic (exact) mass is 334 g/mol. The zero-order chi connectivity index (χ0) is 16.2. The summed E-state index contributed by atoms with van der Waals surface area (Å²) >= 11 is 1.72. The molecule has 0 atom stereocenters. The number of hydrogen-bond acceptors (Lipinski definition) is 4. The normalized spacial score (nSPS) is 19.5. The van der Waals surface area contributed by atoms with Crippen LogP contribution in [0.25, 0.3) is 0 Å². The molecule has 23 heavy (non-hydrogen) atoms. The van der Waals surface area contributed by atoms with Gasteiger partial charge in [0, 0.05) is 37.0 Å². The molecule has 2 aliphatic rings. The first-order chi connectivity index (χ1) is 11.1. The van der Waals surface area contributed by atoms with Crippen LogP contribution >= 0.6 is 11.3 Å². The fourth-order valence-corrected chi connectivity index (χ4v) is 3.94. The molecule has 2 heterocycles. The molecule has 0 radical (unpaired) electrons. The lowest BCUT2D eigenvalue weighted by atomic mass is 10.0. The molecule has 0 unspecified atom stereocenters. The van der Waals surface area contributed by atoms with E-state index in [2.05, 4.69) is 39.4 Å². The van der Waals surface area contributed by atoms with Crippen LogP contribution in [0, 0.1) is 0 Å². The average molecular weight is 334 g/mol.